The van der Waals surface area contributed by atoms with Gasteiger partial charge in [-0.25, -0.2) is 4.98 Å². The number of halogens is 3. The monoisotopic (exact) mass is 316 g/mol. The molecule has 1 fully saturated rings. The van der Waals surface area contributed by atoms with E-state index in [0.717, 1.165) is 11.3 Å². The van der Waals surface area contributed by atoms with Gasteiger partial charge in [0.05, 0.1) is 30.1 Å². The SMILES string of the molecule is CNc1cnc2c(c1N1CC(N)CC(C(F)(F)F)C1)CCO2. The van der Waals surface area contributed by atoms with Gasteiger partial charge in [0, 0.05) is 38.2 Å². The molecule has 3 N–H and O–H groups in total. The Morgan fingerprint density at radius 3 is 2.86 bits per heavy atom. The number of alkyl halides is 3. The number of nitrogens with zero attached hydrogens (tertiary/aromatic N) is 2. The lowest BCUT2D eigenvalue weighted by Gasteiger charge is -2.39. The number of nitrogens with one attached hydrogen (secondary N) is 1. The van der Waals surface area contributed by atoms with Crippen LogP contribution in [-0.2, 0) is 6.42 Å². The highest BCUT2D eigenvalue weighted by atomic mass is 19.4. The van der Waals surface area contributed by atoms with Gasteiger partial charge in [0.25, 0.3) is 0 Å². The normalized spacial score (nSPS) is 24.9. The van der Waals surface area contributed by atoms with Gasteiger partial charge in [-0.3, -0.25) is 0 Å². The van der Waals surface area contributed by atoms with Crippen molar-refractivity contribution in [3.63, 3.8) is 0 Å². The Labute approximate surface area is 126 Å². The number of hydrogen-bond donors (Lipinski definition) is 2. The summed E-state index contributed by atoms with van der Waals surface area (Å²) in [5.41, 5.74) is 8.19. The Balaban J connectivity index is 1.98. The van der Waals surface area contributed by atoms with E-state index < -0.39 is 18.1 Å². The van der Waals surface area contributed by atoms with Gasteiger partial charge in [0.2, 0.25) is 5.88 Å². The summed E-state index contributed by atoms with van der Waals surface area (Å²) in [5, 5.41) is 3.01. The number of anilines is 2. The molecular weight excluding hydrogens is 297 g/mol. The molecule has 1 aromatic heterocycles. The number of hydrogen-bond acceptors (Lipinski definition) is 5. The van der Waals surface area contributed by atoms with Crippen LogP contribution in [0.15, 0.2) is 6.20 Å². The molecule has 122 valence electrons. The number of nitrogens with two attached hydrogens (primary N) is 1. The van der Waals surface area contributed by atoms with Crippen molar-refractivity contribution in [3.05, 3.63) is 11.8 Å². The quantitative estimate of drug-likeness (QED) is 0.871. The van der Waals surface area contributed by atoms with Gasteiger partial charge in [-0.2, -0.15) is 13.2 Å². The molecule has 3 rings (SSSR count). The molecular formula is C14H19F3N4O. The molecule has 0 aromatic carbocycles. The van der Waals surface area contributed by atoms with E-state index >= 15 is 0 Å². The van der Waals surface area contributed by atoms with E-state index in [4.69, 9.17) is 10.5 Å². The molecule has 0 saturated carbocycles. The van der Waals surface area contributed by atoms with Crippen molar-refractivity contribution in [2.45, 2.75) is 25.1 Å². The van der Waals surface area contributed by atoms with Gasteiger partial charge in [-0.05, 0) is 6.42 Å². The summed E-state index contributed by atoms with van der Waals surface area (Å²) < 4.78 is 44.8. The minimum atomic E-state index is -4.23. The molecule has 0 spiro atoms. The fourth-order valence-electron chi connectivity index (χ4n) is 3.23. The molecule has 2 unspecified atom stereocenters. The van der Waals surface area contributed by atoms with Crippen LogP contribution >= 0.6 is 0 Å². The van der Waals surface area contributed by atoms with Gasteiger partial charge in [-0.1, -0.05) is 0 Å². The Morgan fingerprint density at radius 1 is 1.41 bits per heavy atom. The number of ether oxygens (including phenoxy) is 1. The second-order valence-electron chi connectivity index (χ2n) is 5.79. The van der Waals surface area contributed by atoms with Crippen molar-refractivity contribution in [2.75, 3.05) is 37.0 Å². The third kappa shape index (κ3) is 2.67. The first-order valence-corrected chi connectivity index (χ1v) is 7.29. The smallest absolute Gasteiger partial charge is 0.393 e. The summed E-state index contributed by atoms with van der Waals surface area (Å²) in [4.78, 5) is 5.94. The molecule has 1 aromatic rings. The summed E-state index contributed by atoms with van der Waals surface area (Å²) in [7, 11) is 1.73. The molecule has 8 heteroatoms. The van der Waals surface area contributed by atoms with Crippen LogP contribution < -0.4 is 20.7 Å². The molecule has 3 heterocycles. The van der Waals surface area contributed by atoms with E-state index in [1.54, 1.807) is 18.1 Å². The first kappa shape index (κ1) is 15.2. The fourth-order valence-corrected chi connectivity index (χ4v) is 3.23. The molecule has 22 heavy (non-hydrogen) atoms. The van der Waals surface area contributed by atoms with Crippen molar-refractivity contribution in [1.29, 1.82) is 0 Å². The van der Waals surface area contributed by atoms with Gasteiger partial charge in [0.1, 0.15) is 0 Å². The second kappa shape index (κ2) is 5.49. The first-order valence-electron chi connectivity index (χ1n) is 7.29. The Bertz CT molecular complexity index is 564. The number of piperidine rings is 1. The maximum Gasteiger partial charge on any atom is 0.393 e. The highest BCUT2D eigenvalue weighted by molar-refractivity contribution is 5.75. The van der Waals surface area contributed by atoms with Crippen molar-refractivity contribution in [1.82, 2.24) is 4.98 Å². The molecule has 0 amide bonds. The summed E-state index contributed by atoms with van der Waals surface area (Å²) in [6.45, 7) is 0.825. The van der Waals surface area contributed by atoms with Crippen LogP contribution in [0.4, 0.5) is 24.5 Å². The average Bonchev–Trinajstić information content (AvgIpc) is 2.92. The highest BCUT2D eigenvalue weighted by Gasteiger charge is 2.44. The van der Waals surface area contributed by atoms with E-state index in [1.807, 2.05) is 0 Å². The van der Waals surface area contributed by atoms with Crippen molar-refractivity contribution < 1.29 is 17.9 Å². The molecule has 0 aliphatic carbocycles. The van der Waals surface area contributed by atoms with Gasteiger partial charge < -0.3 is 20.7 Å². The van der Waals surface area contributed by atoms with Gasteiger partial charge >= 0.3 is 6.18 Å². The van der Waals surface area contributed by atoms with Crippen LogP contribution in [0.2, 0.25) is 0 Å². The standard InChI is InChI=1S/C14H19F3N4O/c1-19-11-5-20-13-10(2-3-22-13)12(11)21-6-8(14(15,16)17)4-9(18)7-21/h5,8-9,19H,2-4,6-7,18H2,1H3. The average molecular weight is 316 g/mol. The van der Waals surface area contributed by atoms with E-state index in [9.17, 15) is 13.2 Å². The maximum atomic E-state index is 13.1. The Morgan fingerprint density at radius 2 is 2.18 bits per heavy atom. The minimum Gasteiger partial charge on any atom is -0.477 e. The predicted molar refractivity (Wildman–Crippen MR) is 77.3 cm³/mol. The lowest BCUT2D eigenvalue weighted by Crippen LogP contribution is -2.51. The van der Waals surface area contributed by atoms with E-state index in [0.29, 0.717) is 31.1 Å². The summed E-state index contributed by atoms with van der Waals surface area (Å²) >= 11 is 0. The maximum absolute atomic E-state index is 13.1. The Kier molecular flexibility index (Phi) is 3.80. The van der Waals surface area contributed by atoms with Gasteiger partial charge in [0.15, 0.2) is 0 Å². The molecule has 0 radical (unpaired) electrons. The zero-order valence-corrected chi connectivity index (χ0v) is 12.3. The first-order chi connectivity index (χ1) is 10.4. The minimum absolute atomic E-state index is 0.0291. The van der Waals surface area contributed by atoms with Crippen LogP contribution in [0.5, 0.6) is 5.88 Å². The fraction of sp³-hybridized carbons (Fsp3) is 0.643. The number of fused-ring (bicyclic) bond motifs is 1. The van der Waals surface area contributed by atoms with Crippen LogP contribution in [0.1, 0.15) is 12.0 Å². The zero-order chi connectivity index (χ0) is 15.9. The molecule has 1 saturated heterocycles. The zero-order valence-electron chi connectivity index (χ0n) is 12.3. The second-order valence-corrected chi connectivity index (χ2v) is 5.79. The number of pyridine rings is 1. The van der Waals surface area contributed by atoms with Crippen LogP contribution in [-0.4, -0.2) is 43.9 Å². The van der Waals surface area contributed by atoms with E-state index in [-0.39, 0.29) is 13.0 Å². The molecule has 2 aliphatic rings. The van der Waals surface area contributed by atoms with E-state index in [2.05, 4.69) is 10.3 Å². The van der Waals surface area contributed by atoms with Crippen LogP contribution in [0.25, 0.3) is 0 Å². The third-order valence-corrected chi connectivity index (χ3v) is 4.23. The topological polar surface area (TPSA) is 63.4 Å². The molecule has 5 nitrogen and oxygen atoms in total. The number of rotatable bonds is 2. The van der Waals surface area contributed by atoms with E-state index in [1.165, 1.54) is 0 Å². The largest absolute Gasteiger partial charge is 0.477 e. The van der Waals surface area contributed by atoms with Crippen molar-refractivity contribution in [2.24, 2.45) is 11.7 Å². The van der Waals surface area contributed by atoms with Crippen LogP contribution in [0, 0.1) is 5.92 Å². The summed E-state index contributed by atoms with van der Waals surface area (Å²) in [6.07, 6.45) is -2.01. The summed E-state index contributed by atoms with van der Waals surface area (Å²) in [5.74, 6) is -0.899. The lowest BCUT2D eigenvalue weighted by molar-refractivity contribution is -0.177. The van der Waals surface area contributed by atoms with Crippen molar-refractivity contribution >= 4 is 11.4 Å². The lowest BCUT2D eigenvalue weighted by atomic mass is 9.93. The van der Waals surface area contributed by atoms with Crippen LogP contribution in [0.3, 0.4) is 0 Å². The molecule has 2 aliphatic heterocycles. The Hall–Kier alpha value is -1.70. The number of aromatic nitrogens is 1. The third-order valence-electron chi connectivity index (χ3n) is 4.23. The predicted octanol–water partition coefficient (Wildman–Crippen LogP) is 1.77. The highest BCUT2D eigenvalue weighted by Crippen LogP contribution is 2.41. The molecule has 0 bridgehead atoms. The van der Waals surface area contributed by atoms with Gasteiger partial charge in [-0.15, -0.1) is 0 Å². The molecule has 2 atom stereocenters. The summed E-state index contributed by atoms with van der Waals surface area (Å²) in [6, 6.07) is -0.504. The van der Waals surface area contributed by atoms with Crippen molar-refractivity contribution in [3.8, 4) is 5.88 Å².